The molecule has 40 heavy (non-hydrogen) atoms. The molecule has 2 fully saturated rings. The Labute approximate surface area is 228 Å². The van der Waals surface area contributed by atoms with Crippen LogP contribution < -0.4 is 0 Å². The number of rotatable bonds is 7. The van der Waals surface area contributed by atoms with E-state index in [0.29, 0.717) is 38.1 Å². The van der Waals surface area contributed by atoms with E-state index in [1.165, 1.54) is 28.5 Å². The molecule has 1 aromatic carbocycles. The smallest absolute Gasteiger partial charge is 0.211 e. The number of hydrogen-bond acceptors (Lipinski definition) is 10. The minimum absolute atomic E-state index is 0.0272. The minimum Gasteiger partial charge on any atom is -0.394 e. The molecule has 0 aliphatic carbocycles. The fourth-order valence-electron chi connectivity index (χ4n) is 5.62. The van der Waals surface area contributed by atoms with Gasteiger partial charge in [-0.3, -0.25) is 0 Å². The van der Waals surface area contributed by atoms with Crippen LogP contribution in [0.1, 0.15) is 31.7 Å². The maximum atomic E-state index is 13.8. The fraction of sp³-hybridized carbons (Fsp3) is 0.625. The highest BCUT2D eigenvalue weighted by Crippen LogP contribution is 2.39. The van der Waals surface area contributed by atoms with Gasteiger partial charge in [0.2, 0.25) is 10.0 Å². The highest BCUT2D eigenvalue weighted by molar-refractivity contribution is 7.88. The lowest BCUT2D eigenvalue weighted by Gasteiger charge is -2.43. The predicted octanol–water partition coefficient (Wildman–Crippen LogP) is 1.000. The largest absolute Gasteiger partial charge is 0.394 e. The number of nitrogens with zero attached hydrogens (tertiary/aromatic N) is 5. The van der Waals surface area contributed by atoms with Gasteiger partial charge in [0, 0.05) is 51.4 Å². The summed E-state index contributed by atoms with van der Waals surface area (Å²) in [6.45, 7) is 0.119. The van der Waals surface area contributed by atoms with Crippen LogP contribution in [-0.2, 0) is 24.3 Å². The third-order valence-electron chi connectivity index (χ3n) is 7.76. The van der Waals surface area contributed by atoms with Gasteiger partial charge in [0.15, 0.2) is 17.5 Å². The highest BCUT2D eigenvalue weighted by Gasteiger charge is 2.49. The number of sulfonamides is 1. The molecule has 220 valence electrons. The van der Waals surface area contributed by atoms with Crippen molar-refractivity contribution in [3.63, 3.8) is 0 Å². The molecule has 4 heterocycles. The number of oxime groups is 1. The normalized spacial score (nSPS) is 29.0. The number of aliphatic hydroxyl groups excluding tert-OH is 2. The standard InChI is InChI=1S/C24H30F3N5O7S/c1-37-23-18(9-14-10-24(39-29-14)3-5-31(6-4-24)40(2,35)36)38-19(12-33)22(34)21(23)32-11-17(28-30-32)13-7-15(25)20(27)16(26)8-13/h7-8,11,18-19,21-23,33-34H,3-6,9-10,12H2,1-2H3/t18-,19-,21+,22+,23+/m1/s1. The number of aromatic nitrogens is 3. The zero-order valence-electron chi connectivity index (χ0n) is 21.8. The third-order valence-corrected chi connectivity index (χ3v) is 9.07. The van der Waals surface area contributed by atoms with Crippen molar-refractivity contribution in [3.05, 3.63) is 35.8 Å². The quantitative estimate of drug-likeness (QED) is 0.451. The lowest BCUT2D eigenvalue weighted by atomic mass is 9.84. The SMILES string of the molecule is CO[C@@H]1[C@@H](n2cc(-c3cc(F)c(F)c(F)c3)nn2)[C@@H](O)[C@@H](CO)O[C@@H]1CC1=NOC2(CCN(S(C)(=O)=O)CC2)C1. The molecule has 0 saturated carbocycles. The zero-order valence-corrected chi connectivity index (χ0v) is 22.6. The van der Waals surface area contributed by atoms with Gasteiger partial charge in [0.1, 0.15) is 35.6 Å². The molecule has 3 aliphatic rings. The molecule has 0 bridgehead atoms. The Morgan fingerprint density at radius 1 is 1.18 bits per heavy atom. The van der Waals surface area contributed by atoms with Crippen LogP contribution in [-0.4, -0.2) is 107 Å². The molecular formula is C24H30F3N5O7S. The molecule has 1 spiro atoms. The molecular weight excluding hydrogens is 559 g/mol. The molecule has 12 nitrogen and oxygen atoms in total. The Balaban J connectivity index is 1.34. The molecule has 2 N–H and O–H groups in total. The number of ether oxygens (including phenoxy) is 2. The summed E-state index contributed by atoms with van der Waals surface area (Å²) in [5, 5.41) is 33.2. The lowest BCUT2D eigenvalue weighted by Crippen LogP contribution is -2.57. The second kappa shape index (κ2) is 11.0. The Bertz CT molecular complexity index is 1360. The molecule has 2 aromatic rings. The summed E-state index contributed by atoms with van der Waals surface area (Å²) in [4.78, 5) is 5.79. The van der Waals surface area contributed by atoms with Crippen molar-refractivity contribution in [2.45, 2.75) is 61.7 Å². The minimum atomic E-state index is -3.30. The highest BCUT2D eigenvalue weighted by atomic mass is 32.2. The van der Waals surface area contributed by atoms with Gasteiger partial charge in [-0.05, 0) is 12.1 Å². The molecule has 0 amide bonds. The first kappa shape index (κ1) is 28.9. The number of aliphatic hydroxyl groups is 2. The van der Waals surface area contributed by atoms with Crippen molar-refractivity contribution in [1.29, 1.82) is 0 Å². The van der Waals surface area contributed by atoms with Crippen molar-refractivity contribution in [1.82, 2.24) is 19.3 Å². The molecule has 5 atom stereocenters. The summed E-state index contributed by atoms with van der Waals surface area (Å²) in [5.41, 5.74) is 0.00420. The summed E-state index contributed by atoms with van der Waals surface area (Å²) >= 11 is 0. The first-order chi connectivity index (χ1) is 18.9. The molecule has 1 aromatic heterocycles. The van der Waals surface area contributed by atoms with Crippen molar-refractivity contribution in [2.75, 3.05) is 33.1 Å². The van der Waals surface area contributed by atoms with Crippen LogP contribution in [0.5, 0.6) is 0 Å². The van der Waals surface area contributed by atoms with Crippen LogP contribution in [0.15, 0.2) is 23.5 Å². The summed E-state index contributed by atoms with van der Waals surface area (Å²) in [7, 11) is -1.88. The van der Waals surface area contributed by atoms with E-state index in [9.17, 15) is 31.8 Å². The van der Waals surface area contributed by atoms with Gasteiger partial charge in [-0.15, -0.1) is 5.10 Å². The molecule has 0 unspecified atom stereocenters. The predicted molar refractivity (Wildman–Crippen MR) is 133 cm³/mol. The van der Waals surface area contributed by atoms with Gasteiger partial charge in [0.25, 0.3) is 0 Å². The maximum Gasteiger partial charge on any atom is 0.211 e. The van der Waals surface area contributed by atoms with E-state index in [1.807, 2.05) is 0 Å². The topological polar surface area (TPSA) is 149 Å². The van der Waals surface area contributed by atoms with Crippen molar-refractivity contribution < 1.29 is 46.1 Å². The number of methoxy groups -OCH3 is 1. The van der Waals surface area contributed by atoms with Crippen LogP contribution >= 0.6 is 0 Å². The van der Waals surface area contributed by atoms with Crippen LogP contribution in [0, 0.1) is 17.5 Å². The van der Waals surface area contributed by atoms with Crippen molar-refractivity contribution in [2.24, 2.45) is 5.16 Å². The van der Waals surface area contributed by atoms with Gasteiger partial charge in [-0.25, -0.2) is 30.6 Å². The van der Waals surface area contributed by atoms with Gasteiger partial charge in [-0.2, -0.15) is 0 Å². The second-order valence-electron chi connectivity index (χ2n) is 10.4. The van der Waals surface area contributed by atoms with E-state index in [-0.39, 0.29) is 17.7 Å². The van der Waals surface area contributed by atoms with Crippen LogP contribution in [0.2, 0.25) is 0 Å². The van der Waals surface area contributed by atoms with Crippen LogP contribution in [0.3, 0.4) is 0 Å². The molecule has 0 radical (unpaired) electrons. The average molecular weight is 590 g/mol. The van der Waals surface area contributed by atoms with E-state index in [1.54, 1.807) is 0 Å². The first-order valence-corrected chi connectivity index (χ1v) is 14.5. The van der Waals surface area contributed by atoms with Gasteiger partial charge in [-0.1, -0.05) is 10.4 Å². The molecule has 5 rings (SSSR count). The van der Waals surface area contributed by atoms with E-state index >= 15 is 0 Å². The number of piperidine rings is 1. The summed E-state index contributed by atoms with van der Waals surface area (Å²) in [6.07, 6.45) is 0.282. The second-order valence-corrected chi connectivity index (χ2v) is 12.4. The first-order valence-electron chi connectivity index (χ1n) is 12.7. The Kier molecular flexibility index (Phi) is 7.93. The molecule has 2 saturated heterocycles. The van der Waals surface area contributed by atoms with E-state index in [0.717, 1.165) is 12.1 Å². The van der Waals surface area contributed by atoms with Crippen LogP contribution in [0.25, 0.3) is 11.3 Å². The van der Waals surface area contributed by atoms with Gasteiger partial charge in [0.05, 0.1) is 30.9 Å². The van der Waals surface area contributed by atoms with Crippen LogP contribution in [0.4, 0.5) is 13.2 Å². The third kappa shape index (κ3) is 5.47. The number of halogens is 3. The number of benzene rings is 1. The lowest BCUT2D eigenvalue weighted by molar-refractivity contribution is -0.210. The monoisotopic (exact) mass is 589 g/mol. The van der Waals surface area contributed by atoms with Gasteiger partial charge >= 0.3 is 0 Å². The van der Waals surface area contributed by atoms with E-state index in [4.69, 9.17) is 14.3 Å². The van der Waals surface area contributed by atoms with E-state index in [2.05, 4.69) is 15.5 Å². The van der Waals surface area contributed by atoms with Gasteiger partial charge < -0.3 is 24.5 Å². The van der Waals surface area contributed by atoms with Crippen molar-refractivity contribution >= 4 is 15.7 Å². The fourth-order valence-corrected chi connectivity index (χ4v) is 6.47. The zero-order chi connectivity index (χ0) is 28.8. The Hall–Kier alpha value is -2.63. The van der Waals surface area contributed by atoms with E-state index < -0.39 is 70.1 Å². The summed E-state index contributed by atoms with van der Waals surface area (Å²) in [6, 6.07) is 0.649. The molecule has 3 aliphatic heterocycles. The Morgan fingerprint density at radius 3 is 2.45 bits per heavy atom. The van der Waals surface area contributed by atoms with Crippen molar-refractivity contribution in [3.8, 4) is 11.3 Å². The number of hydrogen-bond donors (Lipinski definition) is 2. The summed E-state index contributed by atoms with van der Waals surface area (Å²) in [5.74, 6) is -4.37. The molecule has 16 heteroatoms. The average Bonchev–Trinajstić information content (AvgIpc) is 3.55. The Morgan fingerprint density at radius 2 is 1.85 bits per heavy atom. The maximum absolute atomic E-state index is 13.8. The summed E-state index contributed by atoms with van der Waals surface area (Å²) < 4.78 is 79.1.